The van der Waals surface area contributed by atoms with Gasteiger partial charge in [0.15, 0.2) is 10.3 Å². The second-order valence-corrected chi connectivity index (χ2v) is 7.57. The summed E-state index contributed by atoms with van der Waals surface area (Å²) in [6.45, 7) is 2.69. The molecular formula is C18H16F3N3S2. The molecule has 1 saturated heterocycles. The van der Waals surface area contributed by atoms with Gasteiger partial charge in [0, 0.05) is 17.5 Å². The highest BCUT2D eigenvalue weighted by molar-refractivity contribution is 8.14. The largest absolute Gasteiger partial charge is 0.416 e. The van der Waals surface area contributed by atoms with Crippen molar-refractivity contribution < 1.29 is 13.2 Å². The van der Waals surface area contributed by atoms with Crippen LogP contribution in [0.5, 0.6) is 0 Å². The number of aliphatic imine (C=N–C) groups is 1. The molecule has 1 unspecified atom stereocenters. The number of thioether (sulfide) groups is 1. The molecular weight excluding hydrogens is 379 g/mol. The lowest BCUT2D eigenvalue weighted by atomic mass is 10.2. The summed E-state index contributed by atoms with van der Waals surface area (Å²) in [5.41, 5.74) is 0.386. The summed E-state index contributed by atoms with van der Waals surface area (Å²) in [7, 11) is 0. The van der Waals surface area contributed by atoms with Crippen LogP contribution in [0.4, 0.5) is 24.5 Å². The van der Waals surface area contributed by atoms with Crippen LogP contribution in [0.15, 0.2) is 59.6 Å². The van der Waals surface area contributed by atoms with E-state index >= 15 is 0 Å². The average Bonchev–Trinajstić information content (AvgIpc) is 2.96. The highest BCUT2D eigenvalue weighted by Crippen LogP contribution is 2.32. The molecule has 0 bridgehead atoms. The fraction of sp³-hybridized carbons (Fsp3) is 0.222. The fourth-order valence-corrected chi connectivity index (χ4v) is 3.82. The standard InChI is InChI=1S/C18H16F3N3S2/c1-12-11-24(17(26-12)23-14-7-3-2-4-8-14)16(25)22-15-9-5-6-13(10-15)18(19,20)21/h2-10,12H,11H2,1H3,(H,22,25). The quantitative estimate of drug-likeness (QED) is 0.677. The first-order valence-corrected chi connectivity index (χ1v) is 9.18. The van der Waals surface area contributed by atoms with E-state index in [1.54, 1.807) is 17.8 Å². The molecule has 1 aliphatic heterocycles. The Bertz CT molecular complexity index is 822. The third kappa shape index (κ3) is 4.56. The molecule has 0 radical (unpaired) electrons. The third-order valence-corrected chi connectivity index (χ3v) is 5.04. The number of hydrogen-bond donors (Lipinski definition) is 1. The molecule has 2 aromatic rings. The molecule has 2 aromatic carbocycles. The van der Waals surface area contributed by atoms with Gasteiger partial charge in [-0.15, -0.1) is 0 Å². The first kappa shape index (κ1) is 18.7. The molecule has 0 aromatic heterocycles. The van der Waals surface area contributed by atoms with Gasteiger partial charge in [0.1, 0.15) is 0 Å². The van der Waals surface area contributed by atoms with Crippen LogP contribution in [0.25, 0.3) is 0 Å². The second-order valence-electron chi connectivity index (χ2n) is 5.78. The van der Waals surface area contributed by atoms with Crippen molar-refractivity contribution in [1.29, 1.82) is 0 Å². The highest BCUT2D eigenvalue weighted by atomic mass is 32.2. The number of amidine groups is 1. The molecule has 1 aliphatic rings. The maximum Gasteiger partial charge on any atom is 0.416 e. The molecule has 3 nitrogen and oxygen atoms in total. The van der Waals surface area contributed by atoms with E-state index in [-0.39, 0.29) is 5.25 Å². The van der Waals surface area contributed by atoms with Crippen molar-refractivity contribution in [2.75, 3.05) is 11.9 Å². The molecule has 0 spiro atoms. The van der Waals surface area contributed by atoms with Crippen molar-refractivity contribution in [3.05, 3.63) is 60.2 Å². The van der Waals surface area contributed by atoms with E-state index in [2.05, 4.69) is 17.2 Å². The summed E-state index contributed by atoms with van der Waals surface area (Å²) < 4.78 is 38.6. The number of nitrogens with zero attached hydrogens (tertiary/aromatic N) is 2. The second kappa shape index (κ2) is 7.67. The van der Waals surface area contributed by atoms with Crippen LogP contribution in [0.3, 0.4) is 0 Å². The zero-order valence-electron chi connectivity index (χ0n) is 13.8. The number of thiocarbonyl (C=S) groups is 1. The lowest BCUT2D eigenvalue weighted by molar-refractivity contribution is -0.137. The van der Waals surface area contributed by atoms with Gasteiger partial charge in [0.2, 0.25) is 0 Å². The number of hydrogen-bond acceptors (Lipinski definition) is 3. The smallest absolute Gasteiger partial charge is 0.332 e. The Morgan fingerprint density at radius 1 is 1.19 bits per heavy atom. The topological polar surface area (TPSA) is 27.6 Å². The van der Waals surface area contributed by atoms with Crippen molar-refractivity contribution >= 4 is 45.6 Å². The van der Waals surface area contributed by atoms with Gasteiger partial charge in [-0.1, -0.05) is 43.0 Å². The van der Waals surface area contributed by atoms with Crippen LogP contribution in [0.2, 0.25) is 0 Å². The van der Waals surface area contributed by atoms with Gasteiger partial charge in [-0.3, -0.25) is 4.90 Å². The minimum absolute atomic E-state index is 0.277. The number of halogens is 3. The van der Waals surface area contributed by atoms with Crippen LogP contribution in [-0.2, 0) is 6.18 Å². The van der Waals surface area contributed by atoms with E-state index < -0.39 is 11.7 Å². The van der Waals surface area contributed by atoms with Crippen LogP contribution >= 0.6 is 24.0 Å². The first-order chi connectivity index (χ1) is 12.3. The Hall–Kier alpha value is -2.06. The third-order valence-electron chi connectivity index (χ3n) is 3.64. The van der Waals surface area contributed by atoms with Crippen molar-refractivity contribution in [3.8, 4) is 0 Å². The number of rotatable bonds is 2. The average molecular weight is 395 g/mol. The van der Waals surface area contributed by atoms with Gasteiger partial charge in [-0.05, 0) is 42.5 Å². The molecule has 136 valence electrons. The highest BCUT2D eigenvalue weighted by Gasteiger charge is 2.31. The number of benzene rings is 2. The molecule has 0 saturated carbocycles. The van der Waals surface area contributed by atoms with E-state index in [1.165, 1.54) is 6.07 Å². The zero-order valence-corrected chi connectivity index (χ0v) is 15.5. The maximum atomic E-state index is 12.9. The number of nitrogens with one attached hydrogen (secondary N) is 1. The van der Waals surface area contributed by atoms with E-state index in [4.69, 9.17) is 12.2 Å². The van der Waals surface area contributed by atoms with Crippen molar-refractivity contribution in [1.82, 2.24) is 4.90 Å². The minimum Gasteiger partial charge on any atom is -0.332 e. The Balaban J connectivity index is 1.79. The molecule has 26 heavy (non-hydrogen) atoms. The minimum atomic E-state index is -4.39. The van der Waals surface area contributed by atoms with Gasteiger partial charge in [-0.2, -0.15) is 13.2 Å². The van der Waals surface area contributed by atoms with Gasteiger partial charge in [-0.25, -0.2) is 4.99 Å². The summed E-state index contributed by atoms with van der Waals surface area (Å²) >= 11 is 7.00. The predicted molar refractivity (Wildman–Crippen MR) is 105 cm³/mol. The van der Waals surface area contributed by atoms with Crippen LogP contribution in [-0.4, -0.2) is 27.0 Å². The number of para-hydroxylation sites is 1. The van der Waals surface area contributed by atoms with E-state index in [1.807, 2.05) is 35.2 Å². The van der Waals surface area contributed by atoms with Crippen molar-refractivity contribution in [2.24, 2.45) is 4.99 Å². The molecule has 8 heteroatoms. The normalized spacial score (nSPS) is 19.0. The summed E-state index contributed by atoms with van der Waals surface area (Å²) in [6.07, 6.45) is -4.39. The maximum absolute atomic E-state index is 12.9. The molecule has 1 atom stereocenters. The number of alkyl halides is 3. The lowest BCUT2D eigenvalue weighted by Gasteiger charge is -2.20. The predicted octanol–water partition coefficient (Wildman–Crippen LogP) is 5.53. The monoisotopic (exact) mass is 395 g/mol. The molecule has 1 fully saturated rings. The summed E-state index contributed by atoms with van der Waals surface area (Å²) in [5.74, 6) is 0. The van der Waals surface area contributed by atoms with E-state index in [9.17, 15) is 13.2 Å². The Kier molecular flexibility index (Phi) is 5.52. The SMILES string of the molecule is CC1CN(C(=S)Nc2cccc(C(F)(F)F)c2)C(=Nc2ccccc2)S1. The Morgan fingerprint density at radius 3 is 2.62 bits per heavy atom. The van der Waals surface area contributed by atoms with Crippen LogP contribution < -0.4 is 5.32 Å². The molecule has 0 amide bonds. The van der Waals surface area contributed by atoms with Crippen LogP contribution in [0, 0.1) is 0 Å². The molecule has 3 rings (SSSR count). The number of anilines is 1. The van der Waals surface area contributed by atoms with Crippen molar-refractivity contribution in [3.63, 3.8) is 0 Å². The van der Waals surface area contributed by atoms with E-state index in [0.29, 0.717) is 17.3 Å². The first-order valence-electron chi connectivity index (χ1n) is 7.89. The van der Waals surface area contributed by atoms with Crippen molar-refractivity contribution in [2.45, 2.75) is 18.3 Å². The Labute approximate surface area is 159 Å². The molecule has 0 aliphatic carbocycles. The van der Waals surface area contributed by atoms with Gasteiger partial charge >= 0.3 is 6.18 Å². The van der Waals surface area contributed by atoms with Gasteiger partial charge in [0.25, 0.3) is 0 Å². The summed E-state index contributed by atoms with van der Waals surface area (Å²) in [4.78, 5) is 6.42. The summed E-state index contributed by atoms with van der Waals surface area (Å²) in [5, 5.41) is 4.23. The van der Waals surface area contributed by atoms with Gasteiger partial charge < -0.3 is 5.32 Å². The fourth-order valence-electron chi connectivity index (χ4n) is 2.45. The summed E-state index contributed by atoms with van der Waals surface area (Å²) in [6, 6.07) is 14.5. The molecule has 1 N–H and O–H groups in total. The Morgan fingerprint density at radius 2 is 1.92 bits per heavy atom. The molecule has 1 heterocycles. The van der Waals surface area contributed by atoms with Gasteiger partial charge in [0.05, 0.1) is 11.3 Å². The van der Waals surface area contributed by atoms with Crippen LogP contribution in [0.1, 0.15) is 12.5 Å². The zero-order chi connectivity index (χ0) is 18.7. The van der Waals surface area contributed by atoms with E-state index in [0.717, 1.165) is 23.0 Å². The lowest BCUT2D eigenvalue weighted by Crippen LogP contribution is -2.36.